The van der Waals surface area contributed by atoms with Crippen LogP contribution in [0.2, 0.25) is 0 Å². The number of methoxy groups -OCH3 is 1. The van der Waals surface area contributed by atoms with Crippen LogP contribution in [-0.4, -0.2) is 44.2 Å². The van der Waals surface area contributed by atoms with Crippen LogP contribution in [0, 0.1) is 0 Å². The van der Waals surface area contributed by atoms with Gasteiger partial charge in [0.05, 0.1) is 7.11 Å². The maximum atomic E-state index is 5.35. The average molecular weight is 288 g/mol. The van der Waals surface area contributed by atoms with Crippen molar-refractivity contribution in [2.75, 3.05) is 33.3 Å². The molecule has 0 bridgehead atoms. The molecular formula is C18H28N2O. The van der Waals surface area contributed by atoms with E-state index in [1.54, 1.807) is 7.11 Å². The summed E-state index contributed by atoms with van der Waals surface area (Å²) in [5, 5.41) is 3.76. The first-order chi connectivity index (χ1) is 10.3. The van der Waals surface area contributed by atoms with Gasteiger partial charge in [0.1, 0.15) is 5.75 Å². The predicted octanol–water partition coefficient (Wildman–Crippen LogP) is 2.63. The molecule has 1 aliphatic carbocycles. The van der Waals surface area contributed by atoms with E-state index in [0.29, 0.717) is 6.04 Å². The lowest BCUT2D eigenvalue weighted by atomic mass is 9.88. The van der Waals surface area contributed by atoms with Crippen molar-refractivity contribution in [1.29, 1.82) is 0 Å². The molecule has 1 fully saturated rings. The summed E-state index contributed by atoms with van der Waals surface area (Å²) in [6, 6.07) is 7.17. The molecule has 3 nitrogen and oxygen atoms in total. The lowest BCUT2D eigenvalue weighted by molar-refractivity contribution is 0.225. The number of piperidine rings is 1. The SMILES string of the molecule is COc1ccc2c(c1)CC(NCCN1CCCCC1)CC2. The van der Waals surface area contributed by atoms with Crippen molar-refractivity contribution in [2.24, 2.45) is 0 Å². The van der Waals surface area contributed by atoms with Crippen LogP contribution in [0.4, 0.5) is 0 Å². The van der Waals surface area contributed by atoms with Crippen molar-refractivity contribution in [2.45, 2.75) is 44.6 Å². The number of rotatable bonds is 5. The van der Waals surface area contributed by atoms with E-state index in [-0.39, 0.29) is 0 Å². The standard InChI is InChI=1S/C18H28N2O/c1-21-18-8-6-15-5-7-17(13-16(15)14-18)19-9-12-20-10-3-2-4-11-20/h6,8,14,17,19H,2-5,7,9-13H2,1H3. The summed E-state index contributed by atoms with van der Waals surface area (Å²) in [4.78, 5) is 2.61. The number of aryl methyl sites for hydroxylation is 1. The highest BCUT2D eigenvalue weighted by atomic mass is 16.5. The molecule has 3 heteroatoms. The zero-order chi connectivity index (χ0) is 14.5. The van der Waals surface area contributed by atoms with Crippen molar-refractivity contribution in [3.05, 3.63) is 29.3 Å². The van der Waals surface area contributed by atoms with Crippen LogP contribution in [-0.2, 0) is 12.8 Å². The van der Waals surface area contributed by atoms with Crippen LogP contribution < -0.4 is 10.1 Å². The Labute approximate surface area is 128 Å². The van der Waals surface area contributed by atoms with E-state index in [1.807, 2.05) is 0 Å². The fourth-order valence-electron chi connectivity index (χ4n) is 3.64. The van der Waals surface area contributed by atoms with Crippen LogP contribution in [0.15, 0.2) is 18.2 Å². The second kappa shape index (κ2) is 7.28. The van der Waals surface area contributed by atoms with Gasteiger partial charge in [-0.1, -0.05) is 12.5 Å². The lowest BCUT2D eigenvalue weighted by Crippen LogP contribution is -2.41. The molecule has 0 radical (unpaired) electrons. The van der Waals surface area contributed by atoms with Crippen molar-refractivity contribution < 1.29 is 4.74 Å². The number of hydrogen-bond donors (Lipinski definition) is 1. The summed E-state index contributed by atoms with van der Waals surface area (Å²) in [6.07, 6.45) is 7.80. The number of benzene rings is 1. The maximum absolute atomic E-state index is 5.35. The van der Waals surface area contributed by atoms with Crippen molar-refractivity contribution in [3.63, 3.8) is 0 Å². The van der Waals surface area contributed by atoms with Crippen LogP contribution in [0.25, 0.3) is 0 Å². The number of hydrogen-bond acceptors (Lipinski definition) is 3. The third-order valence-electron chi connectivity index (χ3n) is 4.95. The van der Waals surface area contributed by atoms with E-state index in [2.05, 4.69) is 28.4 Å². The maximum Gasteiger partial charge on any atom is 0.119 e. The topological polar surface area (TPSA) is 24.5 Å². The van der Waals surface area contributed by atoms with E-state index < -0.39 is 0 Å². The molecule has 1 aromatic rings. The molecule has 1 aromatic carbocycles. The molecular weight excluding hydrogens is 260 g/mol. The fraction of sp³-hybridized carbons (Fsp3) is 0.667. The Hall–Kier alpha value is -1.06. The Balaban J connectivity index is 1.47. The highest BCUT2D eigenvalue weighted by Gasteiger charge is 2.19. The fourth-order valence-corrected chi connectivity index (χ4v) is 3.64. The van der Waals surface area contributed by atoms with Gasteiger partial charge in [0.2, 0.25) is 0 Å². The molecule has 1 saturated heterocycles. The van der Waals surface area contributed by atoms with E-state index in [0.717, 1.165) is 18.7 Å². The van der Waals surface area contributed by atoms with E-state index in [4.69, 9.17) is 4.74 Å². The Morgan fingerprint density at radius 2 is 2.05 bits per heavy atom. The molecule has 1 heterocycles. The van der Waals surface area contributed by atoms with Crippen LogP contribution in [0.3, 0.4) is 0 Å². The Bertz CT molecular complexity index is 455. The number of fused-ring (bicyclic) bond motifs is 1. The smallest absolute Gasteiger partial charge is 0.119 e. The molecule has 1 N–H and O–H groups in total. The summed E-state index contributed by atoms with van der Waals surface area (Å²) in [5.41, 5.74) is 2.97. The quantitative estimate of drug-likeness (QED) is 0.901. The largest absolute Gasteiger partial charge is 0.497 e. The summed E-state index contributed by atoms with van der Waals surface area (Å²) in [6.45, 7) is 4.93. The predicted molar refractivity (Wildman–Crippen MR) is 87.1 cm³/mol. The van der Waals surface area contributed by atoms with Crippen molar-refractivity contribution in [1.82, 2.24) is 10.2 Å². The van der Waals surface area contributed by atoms with E-state index in [1.165, 1.54) is 62.9 Å². The normalized spacial score (nSPS) is 22.8. The minimum absolute atomic E-state index is 0.634. The Kier molecular flexibility index (Phi) is 5.15. The molecule has 1 unspecified atom stereocenters. The molecule has 0 amide bonds. The van der Waals surface area contributed by atoms with E-state index >= 15 is 0 Å². The summed E-state index contributed by atoms with van der Waals surface area (Å²) in [7, 11) is 1.75. The zero-order valence-electron chi connectivity index (χ0n) is 13.2. The van der Waals surface area contributed by atoms with Gasteiger partial charge in [-0.2, -0.15) is 0 Å². The minimum atomic E-state index is 0.634. The van der Waals surface area contributed by atoms with Gasteiger partial charge in [-0.05, 0) is 68.5 Å². The second-order valence-corrected chi connectivity index (χ2v) is 6.43. The van der Waals surface area contributed by atoms with Gasteiger partial charge in [0.25, 0.3) is 0 Å². The van der Waals surface area contributed by atoms with Gasteiger partial charge in [0.15, 0.2) is 0 Å². The number of likely N-dealkylation sites (tertiary alicyclic amines) is 1. The second-order valence-electron chi connectivity index (χ2n) is 6.43. The first-order valence-electron chi connectivity index (χ1n) is 8.46. The van der Waals surface area contributed by atoms with Gasteiger partial charge in [-0.25, -0.2) is 0 Å². The van der Waals surface area contributed by atoms with Gasteiger partial charge in [-0.3, -0.25) is 0 Å². The number of ether oxygens (including phenoxy) is 1. The lowest BCUT2D eigenvalue weighted by Gasteiger charge is -2.29. The van der Waals surface area contributed by atoms with Gasteiger partial charge in [0, 0.05) is 19.1 Å². The summed E-state index contributed by atoms with van der Waals surface area (Å²) in [5.74, 6) is 0.989. The third kappa shape index (κ3) is 3.98. The summed E-state index contributed by atoms with van der Waals surface area (Å²) >= 11 is 0. The monoisotopic (exact) mass is 288 g/mol. The average Bonchev–Trinajstić information content (AvgIpc) is 2.55. The Morgan fingerprint density at radius 1 is 1.19 bits per heavy atom. The zero-order valence-corrected chi connectivity index (χ0v) is 13.2. The Morgan fingerprint density at radius 3 is 2.86 bits per heavy atom. The highest BCUT2D eigenvalue weighted by Crippen LogP contribution is 2.25. The first kappa shape index (κ1) is 14.9. The molecule has 3 rings (SSSR count). The van der Waals surface area contributed by atoms with Gasteiger partial charge >= 0.3 is 0 Å². The van der Waals surface area contributed by atoms with Crippen LogP contribution >= 0.6 is 0 Å². The highest BCUT2D eigenvalue weighted by molar-refractivity contribution is 5.37. The third-order valence-corrected chi connectivity index (χ3v) is 4.95. The molecule has 21 heavy (non-hydrogen) atoms. The minimum Gasteiger partial charge on any atom is -0.497 e. The molecule has 116 valence electrons. The van der Waals surface area contributed by atoms with Crippen LogP contribution in [0.1, 0.15) is 36.8 Å². The van der Waals surface area contributed by atoms with E-state index in [9.17, 15) is 0 Å². The number of nitrogens with zero attached hydrogens (tertiary/aromatic N) is 1. The van der Waals surface area contributed by atoms with Crippen LogP contribution in [0.5, 0.6) is 5.75 Å². The molecule has 1 atom stereocenters. The van der Waals surface area contributed by atoms with Crippen molar-refractivity contribution in [3.8, 4) is 5.75 Å². The molecule has 2 aliphatic rings. The summed E-state index contributed by atoms with van der Waals surface area (Å²) < 4.78 is 5.35. The number of nitrogens with one attached hydrogen (secondary N) is 1. The molecule has 1 aliphatic heterocycles. The molecule has 0 aromatic heterocycles. The molecule has 0 spiro atoms. The van der Waals surface area contributed by atoms with Gasteiger partial charge < -0.3 is 15.0 Å². The molecule has 0 saturated carbocycles. The first-order valence-corrected chi connectivity index (χ1v) is 8.46. The van der Waals surface area contributed by atoms with Crippen molar-refractivity contribution >= 4 is 0 Å². The van der Waals surface area contributed by atoms with Gasteiger partial charge in [-0.15, -0.1) is 0 Å².